The summed E-state index contributed by atoms with van der Waals surface area (Å²) in [6.07, 6.45) is 4.09. The van der Waals surface area contributed by atoms with Gasteiger partial charge in [-0.05, 0) is 11.0 Å². The van der Waals surface area contributed by atoms with Crippen LogP contribution in [0.15, 0.2) is 36.4 Å². The Morgan fingerprint density at radius 1 is 1.24 bits per heavy atom. The molecule has 0 heterocycles. The van der Waals surface area contributed by atoms with Gasteiger partial charge in [-0.3, -0.25) is 4.79 Å². The van der Waals surface area contributed by atoms with Crippen LogP contribution >= 0.6 is 0 Å². The summed E-state index contributed by atoms with van der Waals surface area (Å²) in [6.45, 7) is 6.59. The number of benzene rings is 1. The van der Waals surface area contributed by atoms with Crippen molar-refractivity contribution in [2.45, 2.75) is 27.2 Å². The van der Waals surface area contributed by atoms with Crippen molar-refractivity contribution in [3.8, 4) is 0 Å². The molecule has 0 aromatic heterocycles. The molecule has 0 aliphatic heterocycles. The topological polar surface area (TPSA) is 26.3 Å². The normalized spacial score (nSPS) is 11.7. The van der Waals surface area contributed by atoms with Crippen molar-refractivity contribution in [2.75, 3.05) is 6.61 Å². The second-order valence-corrected chi connectivity index (χ2v) is 5.24. The van der Waals surface area contributed by atoms with Crippen LogP contribution in [0.25, 0.3) is 6.08 Å². The van der Waals surface area contributed by atoms with Crippen molar-refractivity contribution in [2.24, 2.45) is 5.41 Å². The zero-order chi connectivity index (χ0) is 12.7. The summed E-state index contributed by atoms with van der Waals surface area (Å²) in [6, 6.07) is 9.90. The van der Waals surface area contributed by atoms with E-state index in [1.165, 1.54) is 0 Å². The summed E-state index contributed by atoms with van der Waals surface area (Å²) in [5.41, 5.74) is 1.12. The quantitative estimate of drug-likeness (QED) is 0.740. The minimum atomic E-state index is -0.174. The Hall–Kier alpha value is -1.57. The number of hydrogen-bond acceptors (Lipinski definition) is 2. The van der Waals surface area contributed by atoms with E-state index in [1.54, 1.807) is 0 Å². The van der Waals surface area contributed by atoms with Crippen LogP contribution in [0.3, 0.4) is 0 Å². The summed E-state index contributed by atoms with van der Waals surface area (Å²) in [7, 11) is 0. The van der Waals surface area contributed by atoms with Crippen LogP contribution in [0.5, 0.6) is 0 Å². The first kappa shape index (κ1) is 13.5. The zero-order valence-electron chi connectivity index (χ0n) is 10.8. The van der Waals surface area contributed by atoms with E-state index in [1.807, 2.05) is 63.3 Å². The highest BCUT2D eigenvalue weighted by atomic mass is 16.5. The number of carbonyl (C=O) groups excluding carboxylic acids is 1. The lowest BCUT2D eigenvalue weighted by Gasteiger charge is -2.17. The summed E-state index contributed by atoms with van der Waals surface area (Å²) >= 11 is 0. The van der Waals surface area contributed by atoms with Crippen LogP contribution in [-0.4, -0.2) is 12.6 Å². The Bertz CT molecular complexity index is 372. The molecule has 0 aliphatic carbocycles. The summed E-state index contributed by atoms with van der Waals surface area (Å²) < 4.78 is 5.15. The van der Waals surface area contributed by atoms with Gasteiger partial charge in [0.05, 0.1) is 13.0 Å². The van der Waals surface area contributed by atoms with Crippen molar-refractivity contribution in [3.05, 3.63) is 42.0 Å². The lowest BCUT2D eigenvalue weighted by atomic mass is 9.99. The lowest BCUT2D eigenvalue weighted by molar-refractivity contribution is -0.145. The van der Waals surface area contributed by atoms with Crippen LogP contribution in [0.1, 0.15) is 32.8 Å². The average molecular weight is 232 g/mol. The number of esters is 1. The fourth-order valence-corrected chi connectivity index (χ4v) is 1.21. The Kier molecular flexibility index (Phi) is 4.95. The summed E-state index contributed by atoms with van der Waals surface area (Å²) in [5.74, 6) is -0.174. The van der Waals surface area contributed by atoms with Gasteiger partial charge in [0.25, 0.3) is 0 Å². The molecule has 0 atom stereocenters. The average Bonchev–Trinajstić information content (AvgIpc) is 2.27. The first-order chi connectivity index (χ1) is 7.97. The highest BCUT2D eigenvalue weighted by Gasteiger charge is 2.12. The van der Waals surface area contributed by atoms with Gasteiger partial charge >= 0.3 is 5.97 Å². The van der Waals surface area contributed by atoms with Crippen molar-refractivity contribution in [1.82, 2.24) is 0 Å². The Morgan fingerprint density at radius 2 is 1.88 bits per heavy atom. The molecule has 1 aromatic carbocycles. The first-order valence-electron chi connectivity index (χ1n) is 5.84. The van der Waals surface area contributed by atoms with Crippen molar-refractivity contribution in [1.29, 1.82) is 0 Å². The zero-order valence-corrected chi connectivity index (χ0v) is 10.8. The van der Waals surface area contributed by atoms with Crippen molar-refractivity contribution < 1.29 is 9.53 Å². The molecule has 2 nitrogen and oxygen atoms in total. The molecule has 0 N–H and O–H groups in total. The Morgan fingerprint density at radius 3 is 2.47 bits per heavy atom. The molecule has 0 aliphatic rings. The highest BCUT2D eigenvalue weighted by molar-refractivity contribution is 5.72. The smallest absolute Gasteiger partial charge is 0.309 e. The van der Waals surface area contributed by atoms with E-state index in [2.05, 4.69) is 0 Å². The van der Waals surface area contributed by atoms with Gasteiger partial charge < -0.3 is 4.74 Å². The van der Waals surface area contributed by atoms with Crippen LogP contribution in [0.2, 0.25) is 0 Å². The predicted octanol–water partition coefficient (Wildman–Crippen LogP) is 3.68. The third-order valence-electron chi connectivity index (χ3n) is 2.06. The molecule has 92 valence electrons. The van der Waals surface area contributed by atoms with Crippen LogP contribution in [-0.2, 0) is 9.53 Å². The number of ether oxygens (including phenoxy) is 1. The van der Waals surface area contributed by atoms with Crippen LogP contribution < -0.4 is 0 Å². The van der Waals surface area contributed by atoms with Gasteiger partial charge in [-0.25, -0.2) is 0 Å². The SMILES string of the molecule is CC(C)(C)COC(=O)C/C=C/c1ccccc1. The molecule has 1 rings (SSSR count). The molecule has 0 spiro atoms. The van der Waals surface area contributed by atoms with Crippen molar-refractivity contribution >= 4 is 12.0 Å². The third kappa shape index (κ3) is 6.56. The van der Waals surface area contributed by atoms with E-state index >= 15 is 0 Å². The Labute approximate surface area is 103 Å². The maximum atomic E-state index is 11.4. The van der Waals surface area contributed by atoms with Gasteiger partial charge in [0.2, 0.25) is 0 Å². The Balaban J connectivity index is 2.31. The second kappa shape index (κ2) is 6.24. The highest BCUT2D eigenvalue weighted by Crippen LogP contribution is 2.13. The molecule has 0 radical (unpaired) electrons. The standard InChI is InChI=1S/C15H20O2/c1-15(2,3)12-17-14(16)11-7-10-13-8-5-4-6-9-13/h4-10H,11-12H2,1-3H3/b10-7+. The van der Waals surface area contributed by atoms with Gasteiger partial charge in [-0.2, -0.15) is 0 Å². The van der Waals surface area contributed by atoms with E-state index in [0.29, 0.717) is 13.0 Å². The predicted molar refractivity (Wildman–Crippen MR) is 70.5 cm³/mol. The minimum absolute atomic E-state index is 0.0266. The van der Waals surface area contributed by atoms with Gasteiger partial charge in [0.1, 0.15) is 0 Å². The van der Waals surface area contributed by atoms with Crippen molar-refractivity contribution in [3.63, 3.8) is 0 Å². The number of hydrogen-bond donors (Lipinski definition) is 0. The maximum Gasteiger partial charge on any atom is 0.309 e. The van der Waals surface area contributed by atoms with E-state index in [4.69, 9.17) is 4.74 Å². The molecule has 0 unspecified atom stereocenters. The lowest BCUT2D eigenvalue weighted by Crippen LogP contribution is -2.17. The third-order valence-corrected chi connectivity index (χ3v) is 2.06. The molecular formula is C15H20O2. The molecule has 1 aromatic rings. The maximum absolute atomic E-state index is 11.4. The molecule has 0 fully saturated rings. The van der Waals surface area contributed by atoms with E-state index in [9.17, 15) is 4.79 Å². The van der Waals surface area contributed by atoms with E-state index in [-0.39, 0.29) is 11.4 Å². The van der Waals surface area contributed by atoms with E-state index in [0.717, 1.165) is 5.56 Å². The number of carbonyl (C=O) groups is 1. The molecule has 0 saturated carbocycles. The summed E-state index contributed by atoms with van der Waals surface area (Å²) in [5, 5.41) is 0. The molecule has 2 heteroatoms. The molecule has 17 heavy (non-hydrogen) atoms. The van der Waals surface area contributed by atoms with E-state index < -0.39 is 0 Å². The molecule has 0 amide bonds. The van der Waals surface area contributed by atoms with Gasteiger partial charge in [0, 0.05) is 0 Å². The van der Waals surface area contributed by atoms with Crippen LogP contribution in [0.4, 0.5) is 0 Å². The fourth-order valence-electron chi connectivity index (χ4n) is 1.21. The largest absolute Gasteiger partial charge is 0.465 e. The van der Waals surface area contributed by atoms with Gasteiger partial charge in [-0.15, -0.1) is 0 Å². The van der Waals surface area contributed by atoms with Crippen LogP contribution in [0, 0.1) is 5.41 Å². The second-order valence-electron chi connectivity index (χ2n) is 5.24. The molecule has 0 bridgehead atoms. The molecular weight excluding hydrogens is 212 g/mol. The summed E-state index contributed by atoms with van der Waals surface area (Å²) in [4.78, 5) is 11.4. The monoisotopic (exact) mass is 232 g/mol. The fraction of sp³-hybridized carbons (Fsp3) is 0.400. The minimum Gasteiger partial charge on any atom is -0.465 e. The first-order valence-corrected chi connectivity index (χ1v) is 5.84. The van der Waals surface area contributed by atoms with Gasteiger partial charge in [0.15, 0.2) is 0 Å². The number of rotatable bonds is 4. The molecule has 0 saturated heterocycles. The van der Waals surface area contributed by atoms with Gasteiger partial charge in [-0.1, -0.05) is 63.3 Å².